The van der Waals surface area contributed by atoms with Crippen LogP contribution < -0.4 is 0 Å². The normalized spacial score (nSPS) is 35.6. The molecule has 0 radical (unpaired) electrons. The van der Waals surface area contributed by atoms with Crippen LogP contribution >= 0.6 is 0 Å². The summed E-state index contributed by atoms with van der Waals surface area (Å²) in [7, 11) is -3.99. The Labute approximate surface area is 188 Å². The molecular formula is C25H47NO2Si2. The van der Waals surface area contributed by atoms with Gasteiger partial charge in [-0.05, 0) is 60.9 Å². The Kier molecular flexibility index (Phi) is 6.78. The lowest BCUT2D eigenvalue weighted by Crippen LogP contribution is -2.60. The van der Waals surface area contributed by atoms with Gasteiger partial charge in [0.15, 0.2) is 16.6 Å². The Morgan fingerprint density at radius 2 is 1.43 bits per heavy atom. The van der Waals surface area contributed by atoms with E-state index in [2.05, 4.69) is 93.4 Å². The third kappa shape index (κ3) is 3.91. The van der Waals surface area contributed by atoms with Crippen molar-refractivity contribution in [2.45, 2.75) is 123 Å². The van der Waals surface area contributed by atoms with Gasteiger partial charge < -0.3 is 8.85 Å². The standard InChI is InChI=1S/C25H47NO2Si2/c1-13-25-20(27-29(9,10)22(2,3)4)15-14-16-24(25,8)19(18-26)17-21(25)28-30(11,12)23(5,6)7/h13,19-21H,1,14-17H2,2-12H3/t19-,20+,21-,24-,25-/m0/s1. The first-order valence-electron chi connectivity index (χ1n) is 11.8. The van der Waals surface area contributed by atoms with Crippen LogP contribution in [-0.2, 0) is 8.85 Å². The van der Waals surface area contributed by atoms with Crippen molar-refractivity contribution < 1.29 is 8.85 Å². The first kappa shape index (κ1) is 25.8. The smallest absolute Gasteiger partial charge is 0.192 e. The summed E-state index contributed by atoms with van der Waals surface area (Å²) in [6, 6.07) is 2.67. The average molecular weight is 450 g/mol. The summed E-state index contributed by atoms with van der Waals surface area (Å²) in [5, 5.41) is 10.4. The number of rotatable bonds is 5. The summed E-state index contributed by atoms with van der Waals surface area (Å²) in [4.78, 5) is 0. The molecule has 0 heterocycles. The van der Waals surface area contributed by atoms with E-state index in [4.69, 9.17) is 8.85 Å². The average Bonchev–Trinajstić information content (AvgIpc) is 2.81. The van der Waals surface area contributed by atoms with Crippen LogP contribution in [-0.4, -0.2) is 28.8 Å². The van der Waals surface area contributed by atoms with Gasteiger partial charge in [-0.25, -0.2) is 0 Å². The predicted molar refractivity (Wildman–Crippen MR) is 132 cm³/mol. The molecule has 5 atom stereocenters. The molecule has 5 heteroatoms. The third-order valence-corrected chi connectivity index (χ3v) is 18.4. The maximum atomic E-state index is 10.1. The lowest BCUT2D eigenvalue weighted by atomic mass is 9.54. The molecule has 0 aromatic heterocycles. The summed E-state index contributed by atoms with van der Waals surface area (Å²) in [5.41, 5.74) is -0.460. The number of fused-ring (bicyclic) bond motifs is 1. The predicted octanol–water partition coefficient (Wildman–Crippen LogP) is 7.67. The second-order valence-corrected chi connectivity index (χ2v) is 22.6. The second kappa shape index (κ2) is 7.87. The molecule has 172 valence electrons. The summed E-state index contributed by atoms with van der Waals surface area (Å²) < 4.78 is 14.2. The van der Waals surface area contributed by atoms with Gasteiger partial charge in [0.2, 0.25) is 0 Å². The first-order chi connectivity index (χ1) is 13.4. The molecular weight excluding hydrogens is 402 g/mol. The molecule has 0 saturated heterocycles. The van der Waals surface area contributed by atoms with Crippen LogP contribution in [0, 0.1) is 28.1 Å². The van der Waals surface area contributed by atoms with Crippen LogP contribution in [0.3, 0.4) is 0 Å². The zero-order valence-electron chi connectivity index (χ0n) is 21.6. The van der Waals surface area contributed by atoms with Gasteiger partial charge in [-0.2, -0.15) is 5.26 Å². The molecule has 30 heavy (non-hydrogen) atoms. The highest BCUT2D eigenvalue weighted by molar-refractivity contribution is 6.74. The maximum Gasteiger partial charge on any atom is 0.192 e. The number of nitriles is 1. The maximum absolute atomic E-state index is 10.1. The highest BCUT2D eigenvalue weighted by Gasteiger charge is 2.68. The van der Waals surface area contributed by atoms with Gasteiger partial charge in [0.1, 0.15) is 0 Å². The van der Waals surface area contributed by atoms with E-state index in [0.29, 0.717) is 0 Å². The molecule has 0 amide bonds. The highest BCUT2D eigenvalue weighted by atomic mass is 28.4. The van der Waals surface area contributed by atoms with Crippen molar-refractivity contribution in [3.63, 3.8) is 0 Å². The molecule has 0 unspecified atom stereocenters. The molecule has 0 aliphatic heterocycles. The molecule has 0 spiro atoms. The Balaban J connectivity index is 2.59. The fourth-order valence-corrected chi connectivity index (χ4v) is 7.99. The van der Waals surface area contributed by atoms with Gasteiger partial charge in [0.25, 0.3) is 0 Å². The van der Waals surface area contributed by atoms with E-state index in [-0.39, 0.29) is 39.0 Å². The topological polar surface area (TPSA) is 42.2 Å². The van der Waals surface area contributed by atoms with Crippen molar-refractivity contribution >= 4 is 16.6 Å². The summed E-state index contributed by atoms with van der Waals surface area (Å²) in [6.07, 6.45) is 6.21. The summed E-state index contributed by atoms with van der Waals surface area (Å²) in [6.45, 7) is 29.8. The molecule has 0 aromatic carbocycles. The van der Waals surface area contributed by atoms with Crippen LogP contribution in [0.4, 0.5) is 0 Å². The van der Waals surface area contributed by atoms with Crippen LogP contribution in [0.15, 0.2) is 12.7 Å². The minimum Gasteiger partial charge on any atom is -0.413 e. The Morgan fingerprint density at radius 3 is 1.83 bits per heavy atom. The molecule has 0 bridgehead atoms. The summed E-state index contributed by atoms with van der Waals surface area (Å²) in [5.74, 6) is -0.0175. The number of hydrogen-bond donors (Lipinski definition) is 0. The van der Waals surface area contributed by atoms with Gasteiger partial charge in [0, 0.05) is 5.41 Å². The fraction of sp³-hybridized carbons (Fsp3) is 0.880. The van der Waals surface area contributed by atoms with E-state index in [0.717, 1.165) is 25.7 Å². The van der Waals surface area contributed by atoms with Gasteiger partial charge >= 0.3 is 0 Å². The first-order valence-corrected chi connectivity index (χ1v) is 17.6. The van der Waals surface area contributed by atoms with Gasteiger partial charge in [0.05, 0.1) is 24.2 Å². The highest BCUT2D eigenvalue weighted by Crippen LogP contribution is 2.66. The third-order valence-electron chi connectivity index (χ3n) is 9.42. The monoisotopic (exact) mass is 449 g/mol. The quantitative estimate of drug-likeness (QED) is 0.319. The zero-order valence-corrected chi connectivity index (χ0v) is 23.6. The molecule has 2 fully saturated rings. The minimum atomic E-state index is -2.01. The Hall–Kier alpha value is -0.416. The Bertz CT molecular complexity index is 697. The second-order valence-electron chi connectivity index (χ2n) is 13.1. The van der Waals surface area contributed by atoms with E-state index in [1.54, 1.807) is 0 Å². The van der Waals surface area contributed by atoms with Crippen LogP contribution in [0.1, 0.15) is 74.1 Å². The molecule has 0 N–H and O–H groups in total. The van der Waals surface area contributed by atoms with Gasteiger partial charge in [-0.15, -0.1) is 6.58 Å². The van der Waals surface area contributed by atoms with E-state index in [9.17, 15) is 5.26 Å². The van der Waals surface area contributed by atoms with E-state index < -0.39 is 16.6 Å². The summed E-state index contributed by atoms with van der Waals surface area (Å²) >= 11 is 0. The van der Waals surface area contributed by atoms with Crippen LogP contribution in [0.5, 0.6) is 0 Å². The fourth-order valence-electron chi connectivity index (χ4n) is 5.26. The number of nitrogens with zero attached hydrogens (tertiary/aromatic N) is 1. The van der Waals surface area contributed by atoms with E-state index in [1.165, 1.54) is 0 Å². The van der Waals surface area contributed by atoms with Crippen molar-refractivity contribution in [3.8, 4) is 6.07 Å². The molecule has 3 nitrogen and oxygen atoms in total. The van der Waals surface area contributed by atoms with Crippen molar-refractivity contribution in [3.05, 3.63) is 12.7 Å². The molecule has 2 aliphatic carbocycles. The van der Waals surface area contributed by atoms with Crippen molar-refractivity contribution in [1.29, 1.82) is 5.26 Å². The van der Waals surface area contributed by atoms with Crippen molar-refractivity contribution in [1.82, 2.24) is 0 Å². The van der Waals surface area contributed by atoms with Gasteiger partial charge in [-0.3, -0.25) is 0 Å². The lowest BCUT2D eigenvalue weighted by Gasteiger charge is -2.57. The molecule has 2 rings (SSSR count). The number of hydrogen-bond acceptors (Lipinski definition) is 3. The van der Waals surface area contributed by atoms with Crippen molar-refractivity contribution in [2.75, 3.05) is 0 Å². The largest absolute Gasteiger partial charge is 0.413 e. The molecule has 0 aromatic rings. The lowest BCUT2D eigenvalue weighted by molar-refractivity contribution is -0.0973. The van der Waals surface area contributed by atoms with Gasteiger partial charge in [-0.1, -0.05) is 61.0 Å². The van der Waals surface area contributed by atoms with Crippen molar-refractivity contribution in [2.24, 2.45) is 16.7 Å². The van der Waals surface area contributed by atoms with E-state index >= 15 is 0 Å². The SMILES string of the molecule is C=C[C@]12[C@@H](O[Si](C)(C)C(C)(C)C)C[C@@H](C#N)[C@]1(C)CCC[C@H]2O[Si](C)(C)C(C)(C)C. The molecule has 2 aliphatic rings. The van der Waals surface area contributed by atoms with Crippen LogP contribution in [0.25, 0.3) is 0 Å². The zero-order chi connectivity index (χ0) is 23.4. The van der Waals surface area contributed by atoms with Crippen LogP contribution in [0.2, 0.25) is 36.3 Å². The Morgan fingerprint density at radius 1 is 0.967 bits per heavy atom. The minimum absolute atomic E-state index is 0.000565. The molecule has 2 saturated carbocycles. The van der Waals surface area contributed by atoms with E-state index in [1.807, 2.05) is 0 Å².